The highest BCUT2D eigenvalue weighted by molar-refractivity contribution is 5.98. The summed E-state index contributed by atoms with van der Waals surface area (Å²) in [5, 5.41) is 13.4. The van der Waals surface area contributed by atoms with Crippen molar-refractivity contribution >= 4 is 18.0 Å². The van der Waals surface area contributed by atoms with Gasteiger partial charge in [0.25, 0.3) is 5.91 Å². The molecule has 0 saturated carbocycles. The van der Waals surface area contributed by atoms with E-state index in [0.29, 0.717) is 5.57 Å². The number of amides is 2. The zero-order valence-corrected chi connectivity index (χ0v) is 13.3. The SMILES string of the molecule is CC(C)=C(NC(=O)OCc1ccccc1)C(=O)N[C@@H](C)C(=O)O. The van der Waals surface area contributed by atoms with Crippen molar-refractivity contribution in [1.82, 2.24) is 10.6 Å². The molecule has 0 fully saturated rings. The molecule has 1 rings (SSSR count). The van der Waals surface area contributed by atoms with Crippen LogP contribution in [0.4, 0.5) is 4.79 Å². The van der Waals surface area contributed by atoms with Crippen LogP contribution < -0.4 is 10.6 Å². The molecular weight excluding hydrogens is 300 g/mol. The minimum atomic E-state index is -1.17. The van der Waals surface area contributed by atoms with E-state index in [1.54, 1.807) is 26.0 Å². The quantitative estimate of drug-likeness (QED) is 0.693. The molecule has 0 aliphatic carbocycles. The topological polar surface area (TPSA) is 105 Å². The van der Waals surface area contributed by atoms with Crippen LogP contribution in [0.15, 0.2) is 41.6 Å². The van der Waals surface area contributed by atoms with Gasteiger partial charge in [-0.15, -0.1) is 0 Å². The van der Waals surface area contributed by atoms with Gasteiger partial charge >= 0.3 is 12.1 Å². The lowest BCUT2D eigenvalue weighted by atomic mass is 10.2. The Balaban J connectivity index is 2.62. The molecule has 1 atom stereocenters. The largest absolute Gasteiger partial charge is 0.480 e. The molecule has 1 aromatic rings. The summed E-state index contributed by atoms with van der Waals surface area (Å²) in [6.07, 6.45) is -0.789. The Kier molecular flexibility index (Phi) is 6.79. The Bertz CT molecular complexity index is 606. The van der Waals surface area contributed by atoms with Gasteiger partial charge in [0.2, 0.25) is 0 Å². The van der Waals surface area contributed by atoms with Crippen LogP contribution in [0.3, 0.4) is 0 Å². The number of carboxylic acids is 1. The van der Waals surface area contributed by atoms with Crippen LogP contribution in [-0.4, -0.2) is 29.1 Å². The first-order valence-electron chi connectivity index (χ1n) is 7.00. The molecule has 0 heterocycles. The Morgan fingerprint density at radius 3 is 2.30 bits per heavy atom. The third kappa shape index (κ3) is 6.21. The van der Waals surface area contributed by atoms with Crippen LogP contribution in [0.5, 0.6) is 0 Å². The van der Waals surface area contributed by atoms with Gasteiger partial charge in [0.1, 0.15) is 18.3 Å². The van der Waals surface area contributed by atoms with Gasteiger partial charge in [-0.3, -0.25) is 14.9 Å². The van der Waals surface area contributed by atoms with Gasteiger partial charge in [-0.05, 0) is 31.9 Å². The van der Waals surface area contributed by atoms with E-state index in [0.717, 1.165) is 5.56 Å². The van der Waals surface area contributed by atoms with Crippen molar-refractivity contribution in [2.75, 3.05) is 0 Å². The van der Waals surface area contributed by atoms with E-state index in [4.69, 9.17) is 9.84 Å². The van der Waals surface area contributed by atoms with E-state index in [9.17, 15) is 14.4 Å². The third-order valence-corrected chi connectivity index (χ3v) is 2.88. The molecular formula is C16H20N2O5. The number of alkyl carbamates (subject to hydrolysis) is 1. The molecule has 2 amide bonds. The van der Waals surface area contributed by atoms with Gasteiger partial charge in [0.05, 0.1) is 0 Å². The lowest BCUT2D eigenvalue weighted by Crippen LogP contribution is -2.43. The predicted molar refractivity (Wildman–Crippen MR) is 83.4 cm³/mol. The van der Waals surface area contributed by atoms with Gasteiger partial charge < -0.3 is 15.2 Å². The van der Waals surface area contributed by atoms with Crippen LogP contribution >= 0.6 is 0 Å². The Morgan fingerprint density at radius 2 is 1.78 bits per heavy atom. The lowest BCUT2D eigenvalue weighted by Gasteiger charge is -2.14. The number of hydrogen-bond donors (Lipinski definition) is 3. The minimum absolute atomic E-state index is 0.0313. The van der Waals surface area contributed by atoms with Crippen molar-refractivity contribution in [2.45, 2.75) is 33.4 Å². The zero-order chi connectivity index (χ0) is 17.4. The second kappa shape index (κ2) is 8.57. The molecule has 124 valence electrons. The van der Waals surface area contributed by atoms with E-state index in [1.165, 1.54) is 6.92 Å². The summed E-state index contributed by atoms with van der Waals surface area (Å²) < 4.78 is 5.03. The first-order chi connectivity index (χ1) is 10.8. The fourth-order valence-electron chi connectivity index (χ4n) is 1.60. The molecule has 0 unspecified atom stereocenters. The summed E-state index contributed by atoms with van der Waals surface area (Å²) in [6.45, 7) is 4.64. The van der Waals surface area contributed by atoms with E-state index < -0.39 is 24.0 Å². The van der Waals surface area contributed by atoms with Crippen molar-refractivity contribution in [3.63, 3.8) is 0 Å². The monoisotopic (exact) mass is 320 g/mol. The van der Waals surface area contributed by atoms with Crippen LogP contribution in [0.1, 0.15) is 26.3 Å². The number of benzene rings is 1. The predicted octanol–water partition coefficient (Wildman–Crippen LogP) is 1.80. The summed E-state index contributed by atoms with van der Waals surface area (Å²) in [7, 11) is 0. The number of carbonyl (C=O) groups excluding carboxylic acids is 2. The number of ether oxygens (including phenoxy) is 1. The number of rotatable bonds is 6. The molecule has 0 aromatic heterocycles. The van der Waals surface area contributed by atoms with Crippen LogP contribution in [-0.2, 0) is 20.9 Å². The molecule has 0 saturated heterocycles. The molecule has 0 aliphatic rings. The maximum absolute atomic E-state index is 12.0. The number of carboxylic acid groups (broad SMARTS) is 1. The highest BCUT2D eigenvalue weighted by atomic mass is 16.5. The average molecular weight is 320 g/mol. The average Bonchev–Trinajstić information content (AvgIpc) is 2.51. The highest BCUT2D eigenvalue weighted by Gasteiger charge is 2.20. The number of hydrogen-bond acceptors (Lipinski definition) is 4. The van der Waals surface area contributed by atoms with Gasteiger partial charge in [-0.25, -0.2) is 4.79 Å². The molecule has 0 aliphatic heterocycles. The number of carbonyl (C=O) groups is 3. The standard InChI is InChI=1S/C16H20N2O5/c1-10(2)13(14(19)17-11(3)15(20)21)18-16(22)23-9-12-7-5-4-6-8-12/h4-8,11H,9H2,1-3H3,(H,17,19)(H,18,22)(H,20,21)/t11-/m0/s1. The molecule has 23 heavy (non-hydrogen) atoms. The Hall–Kier alpha value is -2.83. The van der Waals surface area contributed by atoms with Crippen molar-refractivity contribution in [1.29, 1.82) is 0 Å². The maximum atomic E-state index is 12.0. The normalized spacial score (nSPS) is 11.1. The van der Waals surface area contributed by atoms with Crippen molar-refractivity contribution < 1.29 is 24.2 Å². The second-order valence-corrected chi connectivity index (χ2v) is 5.10. The second-order valence-electron chi connectivity index (χ2n) is 5.10. The minimum Gasteiger partial charge on any atom is -0.480 e. The van der Waals surface area contributed by atoms with E-state index in [2.05, 4.69) is 10.6 Å². The van der Waals surface area contributed by atoms with E-state index in [-0.39, 0.29) is 12.3 Å². The first kappa shape index (κ1) is 18.2. The maximum Gasteiger partial charge on any atom is 0.412 e. The molecule has 0 spiro atoms. The van der Waals surface area contributed by atoms with Gasteiger partial charge in [0, 0.05) is 0 Å². The molecule has 7 nitrogen and oxygen atoms in total. The van der Waals surface area contributed by atoms with Gasteiger partial charge in [0.15, 0.2) is 0 Å². The number of allylic oxidation sites excluding steroid dienone is 1. The van der Waals surface area contributed by atoms with E-state index >= 15 is 0 Å². The van der Waals surface area contributed by atoms with E-state index in [1.807, 2.05) is 18.2 Å². The molecule has 7 heteroatoms. The summed E-state index contributed by atoms with van der Waals surface area (Å²) in [5.41, 5.74) is 1.30. The van der Waals surface area contributed by atoms with Crippen molar-refractivity contribution in [3.05, 3.63) is 47.2 Å². The molecule has 1 aromatic carbocycles. The summed E-state index contributed by atoms with van der Waals surface area (Å²) in [5.74, 6) is -1.85. The number of aliphatic carboxylic acids is 1. The zero-order valence-electron chi connectivity index (χ0n) is 13.3. The van der Waals surface area contributed by atoms with Crippen molar-refractivity contribution in [2.24, 2.45) is 0 Å². The highest BCUT2D eigenvalue weighted by Crippen LogP contribution is 2.04. The third-order valence-electron chi connectivity index (χ3n) is 2.88. The van der Waals surface area contributed by atoms with Crippen molar-refractivity contribution in [3.8, 4) is 0 Å². The smallest absolute Gasteiger partial charge is 0.412 e. The number of nitrogens with one attached hydrogen (secondary N) is 2. The fraction of sp³-hybridized carbons (Fsp3) is 0.312. The summed E-state index contributed by atoms with van der Waals surface area (Å²) >= 11 is 0. The summed E-state index contributed by atoms with van der Waals surface area (Å²) in [6, 6.07) is 8.02. The lowest BCUT2D eigenvalue weighted by molar-refractivity contribution is -0.140. The van der Waals surface area contributed by atoms with Crippen LogP contribution in [0, 0.1) is 0 Å². The first-order valence-corrected chi connectivity index (χ1v) is 7.00. The fourth-order valence-corrected chi connectivity index (χ4v) is 1.60. The molecule has 0 radical (unpaired) electrons. The van der Waals surface area contributed by atoms with Gasteiger partial charge in [-0.2, -0.15) is 0 Å². The Morgan fingerprint density at radius 1 is 1.17 bits per heavy atom. The van der Waals surface area contributed by atoms with Gasteiger partial charge in [-0.1, -0.05) is 30.3 Å². The molecule has 3 N–H and O–H groups in total. The van der Waals surface area contributed by atoms with Crippen LogP contribution in [0.2, 0.25) is 0 Å². The Labute approximate surface area is 134 Å². The summed E-state index contributed by atoms with van der Waals surface area (Å²) in [4.78, 5) is 34.6. The van der Waals surface area contributed by atoms with Crippen LogP contribution in [0.25, 0.3) is 0 Å². The molecule has 0 bridgehead atoms.